The van der Waals surface area contributed by atoms with Crippen LogP contribution in [0.1, 0.15) is 37.7 Å². The molecule has 4 fully saturated rings. The smallest absolute Gasteiger partial charge is 0.319 e. The van der Waals surface area contributed by atoms with Crippen LogP contribution in [0.5, 0.6) is 11.8 Å². The van der Waals surface area contributed by atoms with Gasteiger partial charge in [0, 0.05) is 67.4 Å². The number of pyridine rings is 1. The monoisotopic (exact) mass is 596 g/mol. The Bertz CT molecular complexity index is 1810. The summed E-state index contributed by atoms with van der Waals surface area (Å²) < 4.78 is 35.0. The zero-order valence-corrected chi connectivity index (χ0v) is 24.4. The number of benzene rings is 2. The number of hydrogen-bond acceptors (Lipinski definition) is 8. The van der Waals surface area contributed by atoms with Crippen LogP contribution >= 0.6 is 0 Å². The van der Waals surface area contributed by atoms with E-state index < -0.39 is 12.0 Å². The normalized spacial score (nSPS) is 24.2. The quantitative estimate of drug-likeness (QED) is 0.294. The topological polar surface area (TPSA) is 86.6 Å². The molecule has 3 atom stereocenters. The molecule has 0 spiro atoms. The number of halogens is 2. The van der Waals surface area contributed by atoms with Gasteiger partial charge in [0.2, 0.25) is 0 Å². The molecule has 3 saturated heterocycles. The second kappa shape index (κ2) is 10.5. The molecule has 4 aliphatic rings. The highest BCUT2D eigenvalue weighted by atomic mass is 19.1. The number of phenolic OH excluding ortho intramolecular Hbond substituents is 1. The first kappa shape index (κ1) is 27.5. The third kappa shape index (κ3) is 4.98. The van der Waals surface area contributed by atoms with Crippen molar-refractivity contribution < 1.29 is 18.6 Å². The Labute approximate surface area is 254 Å². The highest BCUT2D eigenvalue weighted by molar-refractivity contribution is 6.03. The number of likely N-dealkylation sites (tertiary alicyclic amines) is 1. The molecule has 0 amide bonds. The molecule has 2 N–H and O–H groups in total. The van der Waals surface area contributed by atoms with Crippen molar-refractivity contribution in [3.05, 3.63) is 47.9 Å². The SMILES string of the molecule is C#Cc1c(F)ccc2cc(O)cc(-c3cnc4c(N5CC6CCC(C5)N6)nc(OCC5(CN6CC[C@@H](F)C6)CC5)nc4c3)c12. The number of fused-ring (bicyclic) bond motifs is 4. The number of piperazine rings is 1. The van der Waals surface area contributed by atoms with Gasteiger partial charge >= 0.3 is 6.01 Å². The van der Waals surface area contributed by atoms with Gasteiger partial charge in [-0.3, -0.25) is 9.88 Å². The molecule has 4 aromatic rings. The number of phenols is 1. The Morgan fingerprint density at radius 1 is 1.09 bits per heavy atom. The maximum atomic E-state index is 14.8. The van der Waals surface area contributed by atoms with E-state index in [2.05, 4.69) is 21.0 Å². The van der Waals surface area contributed by atoms with Crippen LogP contribution in [-0.4, -0.2) is 82.5 Å². The van der Waals surface area contributed by atoms with Crippen molar-refractivity contribution in [3.8, 4) is 35.2 Å². The molecule has 2 unspecified atom stereocenters. The summed E-state index contributed by atoms with van der Waals surface area (Å²) >= 11 is 0. The lowest BCUT2D eigenvalue weighted by Crippen LogP contribution is -2.51. The zero-order chi connectivity index (χ0) is 30.0. The molecule has 5 heterocycles. The average Bonchev–Trinajstić information content (AvgIpc) is 3.54. The summed E-state index contributed by atoms with van der Waals surface area (Å²) in [5.41, 5.74) is 2.58. The van der Waals surface area contributed by atoms with E-state index in [0.29, 0.717) is 64.6 Å². The van der Waals surface area contributed by atoms with E-state index in [4.69, 9.17) is 26.1 Å². The molecular weight excluding hydrogens is 562 g/mol. The van der Waals surface area contributed by atoms with Crippen LogP contribution < -0.4 is 15.0 Å². The lowest BCUT2D eigenvalue weighted by molar-refractivity contribution is 0.165. The van der Waals surface area contributed by atoms with Gasteiger partial charge in [0.1, 0.15) is 23.3 Å². The third-order valence-electron chi connectivity index (χ3n) is 9.76. The number of nitrogens with one attached hydrogen (secondary N) is 1. The van der Waals surface area contributed by atoms with Crippen LogP contribution in [0.25, 0.3) is 32.9 Å². The summed E-state index contributed by atoms with van der Waals surface area (Å²) in [6.45, 7) is 4.20. The molecule has 8 nitrogen and oxygen atoms in total. The molecule has 10 heteroatoms. The van der Waals surface area contributed by atoms with Gasteiger partial charge < -0.3 is 20.1 Å². The maximum Gasteiger partial charge on any atom is 0.319 e. The van der Waals surface area contributed by atoms with Gasteiger partial charge in [0.25, 0.3) is 0 Å². The Hall–Kier alpha value is -4.07. The highest BCUT2D eigenvalue weighted by Crippen LogP contribution is 2.47. The fourth-order valence-corrected chi connectivity index (χ4v) is 7.32. The first-order valence-electron chi connectivity index (χ1n) is 15.5. The van der Waals surface area contributed by atoms with Crippen molar-refractivity contribution in [1.82, 2.24) is 25.2 Å². The van der Waals surface area contributed by atoms with Crippen LogP contribution in [0.3, 0.4) is 0 Å². The van der Waals surface area contributed by atoms with Crippen molar-refractivity contribution in [1.29, 1.82) is 0 Å². The standard InChI is InChI=1S/C34H34F2N6O2/c1-2-26-28(36)6-3-20-11-25(43)13-27(30(20)26)21-12-29-31(37-14-21)32(42-16-23-4-5-24(17-42)38-23)40-33(39-29)44-19-34(8-9-34)18-41-10-7-22(35)15-41/h1,3,6,11-14,22-24,38,43H,4-5,7-10,15-19H2/t22-,23?,24?/m1/s1. The molecule has 1 saturated carbocycles. The van der Waals surface area contributed by atoms with Gasteiger partial charge in [-0.15, -0.1) is 6.42 Å². The number of hydrogen-bond donors (Lipinski definition) is 2. The Morgan fingerprint density at radius 2 is 1.91 bits per heavy atom. The lowest BCUT2D eigenvalue weighted by Gasteiger charge is -2.34. The van der Waals surface area contributed by atoms with E-state index in [0.717, 1.165) is 57.7 Å². The second-order valence-electron chi connectivity index (χ2n) is 13.0. The number of nitrogens with zero attached hydrogens (tertiary/aromatic N) is 5. The predicted octanol–water partition coefficient (Wildman–Crippen LogP) is 4.81. The van der Waals surface area contributed by atoms with Crippen molar-refractivity contribution >= 4 is 27.6 Å². The largest absolute Gasteiger partial charge is 0.508 e. The number of anilines is 1. The van der Waals surface area contributed by atoms with Crippen molar-refractivity contribution in [2.24, 2.45) is 5.41 Å². The number of aromatic hydroxyl groups is 1. The predicted molar refractivity (Wildman–Crippen MR) is 165 cm³/mol. The Morgan fingerprint density at radius 3 is 2.64 bits per heavy atom. The van der Waals surface area contributed by atoms with Crippen LogP contribution in [0.2, 0.25) is 0 Å². The molecule has 226 valence electrons. The summed E-state index contributed by atoms with van der Waals surface area (Å²) in [5.74, 6) is 2.76. The molecule has 2 aromatic heterocycles. The van der Waals surface area contributed by atoms with Crippen LogP contribution in [0.4, 0.5) is 14.6 Å². The summed E-state index contributed by atoms with van der Waals surface area (Å²) in [5, 5.41) is 15.4. The Balaban J connectivity index is 1.19. The fraction of sp³-hybridized carbons (Fsp3) is 0.441. The first-order valence-corrected chi connectivity index (χ1v) is 15.5. The molecule has 2 aromatic carbocycles. The minimum Gasteiger partial charge on any atom is -0.508 e. The minimum absolute atomic E-state index is 0.00697. The van der Waals surface area contributed by atoms with Crippen LogP contribution in [0.15, 0.2) is 36.5 Å². The van der Waals surface area contributed by atoms with Crippen molar-refractivity contribution in [2.75, 3.05) is 44.2 Å². The zero-order valence-electron chi connectivity index (χ0n) is 24.4. The number of rotatable bonds is 7. The van der Waals surface area contributed by atoms with E-state index in [1.165, 1.54) is 6.07 Å². The van der Waals surface area contributed by atoms with E-state index in [1.54, 1.807) is 24.4 Å². The van der Waals surface area contributed by atoms with Gasteiger partial charge in [0.05, 0.1) is 17.7 Å². The molecule has 44 heavy (non-hydrogen) atoms. The molecular formula is C34H34F2N6O2. The summed E-state index contributed by atoms with van der Waals surface area (Å²) in [6, 6.07) is 9.03. The summed E-state index contributed by atoms with van der Waals surface area (Å²) in [6.07, 6.45) is 11.6. The Kier molecular flexibility index (Phi) is 6.58. The molecule has 3 aliphatic heterocycles. The van der Waals surface area contributed by atoms with Crippen LogP contribution in [-0.2, 0) is 0 Å². The number of terminal acetylenes is 1. The average molecular weight is 597 g/mol. The van der Waals surface area contributed by atoms with Gasteiger partial charge in [-0.25, -0.2) is 8.78 Å². The maximum absolute atomic E-state index is 14.8. The molecule has 1 aliphatic carbocycles. The van der Waals surface area contributed by atoms with Gasteiger partial charge in [-0.1, -0.05) is 12.0 Å². The molecule has 0 radical (unpaired) electrons. The lowest BCUT2D eigenvalue weighted by atomic mass is 9.94. The van der Waals surface area contributed by atoms with Crippen LogP contribution in [0, 0.1) is 23.6 Å². The molecule has 2 bridgehead atoms. The number of aromatic nitrogens is 3. The molecule has 8 rings (SSSR count). The van der Waals surface area contributed by atoms with E-state index in [1.807, 2.05) is 6.07 Å². The minimum atomic E-state index is -0.744. The third-order valence-corrected chi connectivity index (χ3v) is 9.76. The van der Waals surface area contributed by atoms with Crippen molar-refractivity contribution in [3.63, 3.8) is 0 Å². The highest BCUT2D eigenvalue weighted by Gasteiger charge is 2.46. The second-order valence-corrected chi connectivity index (χ2v) is 13.0. The van der Waals surface area contributed by atoms with Gasteiger partial charge in [-0.05, 0) is 67.3 Å². The number of ether oxygens (including phenoxy) is 1. The van der Waals surface area contributed by atoms with E-state index >= 15 is 0 Å². The number of alkyl halides is 1. The van der Waals surface area contributed by atoms with E-state index in [9.17, 15) is 13.9 Å². The van der Waals surface area contributed by atoms with Gasteiger partial charge in [0.15, 0.2) is 5.82 Å². The van der Waals surface area contributed by atoms with Crippen molar-refractivity contribution in [2.45, 2.75) is 50.4 Å². The first-order chi connectivity index (χ1) is 21.4. The summed E-state index contributed by atoms with van der Waals surface area (Å²) in [7, 11) is 0. The van der Waals surface area contributed by atoms with Gasteiger partial charge in [-0.2, -0.15) is 9.97 Å². The fourth-order valence-electron chi connectivity index (χ4n) is 7.32. The summed E-state index contributed by atoms with van der Waals surface area (Å²) in [4.78, 5) is 19.1. The van der Waals surface area contributed by atoms with E-state index in [-0.39, 0.29) is 22.7 Å².